The first-order valence-corrected chi connectivity index (χ1v) is 6.19. The van der Waals surface area contributed by atoms with Crippen LogP contribution in [0.1, 0.15) is 6.92 Å². The van der Waals surface area contributed by atoms with Crippen LogP contribution in [0.25, 0.3) is 10.8 Å². The molecule has 2 rings (SSSR count). The van der Waals surface area contributed by atoms with Crippen molar-refractivity contribution in [3.8, 4) is 0 Å². The van der Waals surface area contributed by atoms with Crippen LogP contribution in [0.15, 0.2) is 47.4 Å². The zero-order valence-corrected chi connectivity index (χ0v) is 12.7. The molecule has 0 atom stereocenters. The summed E-state index contributed by atoms with van der Waals surface area (Å²) in [6.07, 6.45) is 0. The van der Waals surface area contributed by atoms with Gasteiger partial charge in [-0.15, -0.1) is 0 Å². The maximum Gasteiger partial charge on any atom is 1.00 e. The Morgan fingerprint density at radius 3 is 2.12 bits per heavy atom. The maximum atomic E-state index is 11.0. The molecule has 0 fully saturated rings. The second-order valence-corrected chi connectivity index (χ2v) is 4.34. The van der Waals surface area contributed by atoms with Crippen molar-refractivity contribution in [2.45, 2.75) is 11.8 Å². The molecule has 86 valence electrons. The predicted molar refractivity (Wildman–Crippen MR) is 64.8 cm³/mol. The molecule has 2 aromatic rings. The largest absolute Gasteiger partial charge is 1.00 e. The van der Waals surface area contributed by atoms with Crippen LogP contribution in [-0.4, -0.2) is 13.0 Å². The normalized spacial score (nSPS) is 10.1. The minimum absolute atomic E-state index is 0. The maximum absolute atomic E-state index is 11.0. The van der Waals surface area contributed by atoms with Gasteiger partial charge in [-0.25, -0.2) is 0 Å². The summed E-state index contributed by atoms with van der Waals surface area (Å²) in [7, 11) is -4.13. The summed E-state index contributed by atoms with van der Waals surface area (Å²) in [5, 5.41) is 1.33. The van der Waals surface area contributed by atoms with Crippen molar-refractivity contribution in [3.63, 3.8) is 0 Å². The minimum Gasteiger partial charge on any atom is -0.346 e. The van der Waals surface area contributed by atoms with Gasteiger partial charge in [0.15, 0.2) is 0 Å². The Balaban J connectivity index is 0.000000811. The van der Waals surface area contributed by atoms with Crippen molar-refractivity contribution >= 4 is 20.9 Å². The first kappa shape index (κ1) is 16.6. The molecule has 0 heterocycles. The molecule has 0 saturated carbocycles. The fourth-order valence-corrected chi connectivity index (χ4v) is 2.13. The molecule has 0 aromatic heterocycles. The Kier molecular flexibility index (Phi) is 6.97. The van der Waals surface area contributed by atoms with E-state index >= 15 is 0 Å². The molecule has 0 radical (unpaired) electrons. The Hall–Kier alpha value is -0.390. The molecule has 0 bridgehead atoms. The van der Waals surface area contributed by atoms with Crippen LogP contribution in [0.4, 0.5) is 0 Å². The Labute approximate surface area is 124 Å². The third kappa shape index (κ3) is 4.08. The molecule has 0 amide bonds. The van der Waals surface area contributed by atoms with Gasteiger partial charge in [0.2, 0.25) is 0 Å². The first-order chi connectivity index (χ1) is 7.59. The summed E-state index contributed by atoms with van der Waals surface area (Å²) in [6.45, 7) is 5.00. The van der Waals surface area contributed by atoms with Crippen LogP contribution >= 0.6 is 0 Å². The molecule has 2 aromatic carbocycles. The summed E-state index contributed by atoms with van der Waals surface area (Å²) in [5.74, 6) is 0. The second kappa shape index (κ2) is 7.13. The van der Waals surface area contributed by atoms with Crippen molar-refractivity contribution in [2.75, 3.05) is 0 Å². The molecule has 1 N–H and O–H groups in total. The zero-order chi connectivity index (χ0) is 12.2. The third-order valence-electron chi connectivity index (χ3n) is 2.03. The molecule has 0 aliphatic heterocycles. The van der Waals surface area contributed by atoms with Gasteiger partial charge in [-0.3, -0.25) is 4.55 Å². The number of benzene rings is 2. The molecule has 0 unspecified atom stereocenters. The topological polar surface area (TPSA) is 54.4 Å². The number of hydrogen-bond acceptors (Lipinski definition) is 2. The Morgan fingerprint density at radius 2 is 1.53 bits per heavy atom. The molecule has 0 aliphatic carbocycles. The fourth-order valence-electron chi connectivity index (χ4n) is 1.42. The molecular weight excluding hydrogens is 247 g/mol. The standard InChI is InChI=1S/C10H8O3S.C2H5.Na/c11-14(12,13)10-7-3-5-8-4-1-2-6-9(8)10;1-2;/h1-7H,(H,11,12,13);1H2,2H3;/q;-1;+1. The summed E-state index contributed by atoms with van der Waals surface area (Å²) in [6, 6.07) is 11.8. The van der Waals surface area contributed by atoms with E-state index in [-0.39, 0.29) is 34.5 Å². The van der Waals surface area contributed by atoms with E-state index in [1.165, 1.54) is 6.07 Å². The van der Waals surface area contributed by atoms with Crippen molar-refractivity contribution in [3.05, 3.63) is 49.4 Å². The van der Waals surface area contributed by atoms with Gasteiger partial charge in [0.25, 0.3) is 10.1 Å². The van der Waals surface area contributed by atoms with Crippen molar-refractivity contribution in [1.29, 1.82) is 0 Å². The summed E-state index contributed by atoms with van der Waals surface area (Å²) < 4.78 is 31.0. The van der Waals surface area contributed by atoms with Gasteiger partial charge in [-0.05, 0) is 11.5 Å². The van der Waals surface area contributed by atoms with E-state index in [2.05, 4.69) is 6.92 Å². The van der Waals surface area contributed by atoms with E-state index < -0.39 is 10.1 Å². The minimum atomic E-state index is -4.13. The zero-order valence-electron chi connectivity index (χ0n) is 9.92. The van der Waals surface area contributed by atoms with Gasteiger partial charge in [-0.2, -0.15) is 15.3 Å². The summed E-state index contributed by atoms with van der Waals surface area (Å²) in [4.78, 5) is -0.0457. The summed E-state index contributed by atoms with van der Waals surface area (Å²) in [5.41, 5.74) is 0. The number of rotatable bonds is 1. The molecule has 0 saturated heterocycles. The first-order valence-electron chi connectivity index (χ1n) is 4.75. The number of hydrogen-bond donors (Lipinski definition) is 1. The van der Waals surface area contributed by atoms with Crippen LogP contribution in [0.5, 0.6) is 0 Å². The van der Waals surface area contributed by atoms with E-state index in [0.29, 0.717) is 5.39 Å². The van der Waals surface area contributed by atoms with Gasteiger partial charge < -0.3 is 6.92 Å². The van der Waals surface area contributed by atoms with Gasteiger partial charge in [0.1, 0.15) is 4.90 Å². The predicted octanol–water partition coefficient (Wildman–Crippen LogP) is -0.0691. The van der Waals surface area contributed by atoms with Crippen LogP contribution < -0.4 is 29.6 Å². The van der Waals surface area contributed by atoms with Crippen molar-refractivity contribution < 1.29 is 42.5 Å². The van der Waals surface area contributed by atoms with E-state index in [9.17, 15) is 8.42 Å². The van der Waals surface area contributed by atoms with E-state index in [1.54, 1.807) is 37.3 Å². The smallest absolute Gasteiger partial charge is 0.346 e. The fraction of sp³-hybridized carbons (Fsp3) is 0.0833. The molecular formula is C12H13NaO3S. The SMILES string of the molecule is O=S(=O)(O)c1cccc2ccccc12.[CH2-]C.[Na+]. The molecule has 5 heteroatoms. The van der Waals surface area contributed by atoms with Crippen LogP contribution in [0.3, 0.4) is 0 Å². The van der Waals surface area contributed by atoms with E-state index in [1.807, 2.05) is 6.07 Å². The molecule has 0 spiro atoms. The summed E-state index contributed by atoms with van der Waals surface area (Å²) >= 11 is 0. The average Bonchev–Trinajstić information content (AvgIpc) is 2.30. The van der Waals surface area contributed by atoms with E-state index in [4.69, 9.17) is 4.55 Å². The molecule has 3 nitrogen and oxygen atoms in total. The van der Waals surface area contributed by atoms with Crippen LogP contribution in [0.2, 0.25) is 0 Å². The van der Waals surface area contributed by atoms with Gasteiger partial charge >= 0.3 is 29.6 Å². The second-order valence-electron chi connectivity index (χ2n) is 2.95. The quantitative estimate of drug-likeness (QED) is 0.444. The molecule has 17 heavy (non-hydrogen) atoms. The third-order valence-corrected chi connectivity index (χ3v) is 2.94. The Bertz CT molecular complexity index is 574. The molecule has 0 aliphatic rings. The van der Waals surface area contributed by atoms with Crippen molar-refractivity contribution in [2.24, 2.45) is 0 Å². The monoisotopic (exact) mass is 260 g/mol. The van der Waals surface area contributed by atoms with Crippen LogP contribution in [-0.2, 0) is 10.1 Å². The van der Waals surface area contributed by atoms with Gasteiger partial charge in [0.05, 0.1) is 0 Å². The van der Waals surface area contributed by atoms with Gasteiger partial charge in [-0.1, -0.05) is 36.4 Å². The van der Waals surface area contributed by atoms with E-state index in [0.717, 1.165) is 5.39 Å². The average molecular weight is 260 g/mol. The van der Waals surface area contributed by atoms with Gasteiger partial charge in [0, 0.05) is 5.39 Å². The van der Waals surface area contributed by atoms with Crippen LogP contribution in [0, 0.1) is 6.92 Å². The Morgan fingerprint density at radius 1 is 1.00 bits per heavy atom. The van der Waals surface area contributed by atoms with Crippen molar-refractivity contribution in [1.82, 2.24) is 0 Å². The number of fused-ring (bicyclic) bond motifs is 1.